The molecule has 9 heteroatoms. The molecule has 1 aliphatic rings. The number of rotatable bonds is 5. The highest BCUT2D eigenvalue weighted by Crippen LogP contribution is 2.29. The van der Waals surface area contributed by atoms with Gasteiger partial charge in [-0.25, -0.2) is 9.97 Å². The summed E-state index contributed by atoms with van der Waals surface area (Å²) in [7, 11) is 0. The van der Waals surface area contributed by atoms with Crippen molar-refractivity contribution < 1.29 is 18.0 Å². The molecule has 0 bridgehead atoms. The number of nitrogens with zero attached hydrogens (tertiary/aromatic N) is 3. The average Bonchev–Trinajstić information content (AvgIpc) is 3.15. The van der Waals surface area contributed by atoms with Gasteiger partial charge >= 0.3 is 6.18 Å². The van der Waals surface area contributed by atoms with Gasteiger partial charge in [-0.05, 0) is 37.1 Å². The number of fused-ring (bicyclic) bond motifs is 1. The molecule has 0 saturated carbocycles. The van der Waals surface area contributed by atoms with Crippen molar-refractivity contribution >= 4 is 22.8 Å². The van der Waals surface area contributed by atoms with Crippen molar-refractivity contribution in [3.8, 4) is 0 Å². The summed E-state index contributed by atoms with van der Waals surface area (Å²) in [5.41, 5.74) is 1.09. The zero-order chi connectivity index (χ0) is 21.1. The normalized spacial score (nSPS) is 15.5. The van der Waals surface area contributed by atoms with Crippen LogP contribution in [0.15, 0.2) is 42.6 Å². The lowest BCUT2D eigenvalue weighted by Gasteiger charge is -2.33. The molecule has 30 heavy (non-hydrogen) atoms. The van der Waals surface area contributed by atoms with Crippen LogP contribution < -0.4 is 10.2 Å². The molecule has 0 unspecified atom stereocenters. The van der Waals surface area contributed by atoms with Crippen LogP contribution in [0.3, 0.4) is 0 Å². The van der Waals surface area contributed by atoms with Crippen LogP contribution in [-0.2, 0) is 17.4 Å². The highest BCUT2D eigenvalue weighted by molar-refractivity contribution is 5.77. The number of benzene rings is 1. The SMILES string of the molecule is O=C(CCc1nc2ccccc2[nH]1)NC1CCN(c2ccc(C(F)(F)F)cn2)CC1. The van der Waals surface area contributed by atoms with Gasteiger partial charge in [0.1, 0.15) is 11.6 Å². The molecule has 1 fully saturated rings. The second kappa shape index (κ2) is 8.33. The lowest BCUT2D eigenvalue weighted by molar-refractivity contribution is -0.137. The number of aromatic nitrogens is 3. The van der Waals surface area contributed by atoms with Crippen LogP contribution in [0.1, 0.15) is 30.7 Å². The second-order valence-electron chi connectivity index (χ2n) is 7.43. The van der Waals surface area contributed by atoms with E-state index in [9.17, 15) is 18.0 Å². The maximum atomic E-state index is 12.7. The molecular weight excluding hydrogens is 395 g/mol. The number of imidazole rings is 1. The van der Waals surface area contributed by atoms with Crippen LogP contribution >= 0.6 is 0 Å². The molecule has 2 N–H and O–H groups in total. The van der Waals surface area contributed by atoms with Crippen LogP contribution in [0.5, 0.6) is 0 Å². The molecule has 0 atom stereocenters. The van der Waals surface area contributed by atoms with E-state index in [1.165, 1.54) is 6.07 Å². The van der Waals surface area contributed by atoms with Gasteiger partial charge in [-0.1, -0.05) is 12.1 Å². The Balaban J connectivity index is 1.23. The minimum atomic E-state index is -4.38. The van der Waals surface area contributed by atoms with E-state index in [2.05, 4.69) is 20.3 Å². The summed E-state index contributed by atoms with van der Waals surface area (Å²) in [4.78, 5) is 25.9. The number of alkyl halides is 3. The second-order valence-corrected chi connectivity index (χ2v) is 7.43. The fourth-order valence-electron chi connectivity index (χ4n) is 3.65. The number of aryl methyl sites for hydroxylation is 1. The topological polar surface area (TPSA) is 73.9 Å². The van der Waals surface area contributed by atoms with E-state index in [1.807, 2.05) is 29.2 Å². The summed E-state index contributed by atoms with van der Waals surface area (Å²) in [5, 5.41) is 3.05. The summed E-state index contributed by atoms with van der Waals surface area (Å²) in [6, 6.07) is 10.2. The molecule has 0 spiro atoms. The summed E-state index contributed by atoms with van der Waals surface area (Å²) in [6.45, 7) is 1.26. The molecule has 1 saturated heterocycles. The lowest BCUT2D eigenvalue weighted by Crippen LogP contribution is -2.45. The molecular formula is C21H22F3N5O. The Morgan fingerprint density at radius 2 is 1.93 bits per heavy atom. The number of anilines is 1. The maximum Gasteiger partial charge on any atom is 0.417 e. The number of amides is 1. The predicted octanol–water partition coefficient (Wildman–Crippen LogP) is 3.69. The minimum absolute atomic E-state index is 0.0263. The summed E-state index contributed by atoms with van der Waals surface area (Å²) >= 11 is 0. The number of pyridine rings is 1. The van der Waals surface area contributed by atoms with Crippen molar-refractivity contribution in [2.24, 2.45) is 0 Å². The Bertz CT molecular complexity index is 974. The van der Waals surface area contributed by atoms with Gasteiger partial charge in [-0.2, -0.15) is 13.2 Å². The molecule has 0 aliphatic carbocycles. The largest absolute Gasteiger partial charge is 0.417 e. The number of carbonyl (C=O) groups is 1. The summed E-state index contributed by atoms with van der Waals surface area (Å²) in [5.74, 6) is 1.29. The molecule has 1 amide bonds. The van der Waals surface area contributed by atoms with Crippen molar-refractivity contribution in [2.45, 2.75) is 37.9 Å². The van der Waals surface area contributed by atoms with Crippen LogP contribution in [0.25, 0.3) is 11.0 Å². The van der Waals surface area contributed by atoms with Gasteiger partial charge in [0.15, 0.2) is 0 Å². The number of halogens is 3. The molecule has 1 aromatic carbocycles. The van der Waals surface area contributed by atoms with Gasteiger partial charge in [0, 0.05) is 38.2 Å². The first kappa shape index (κ1) is 20.2. The number of para-hydroxylation sites is 2. The van der Waals surface area contributed by atoms with Gasteiger partial charge in [0.05, 0.1) is 16.6 Å². The predicted molar refractivity (Wildman–Crippen MR) is 107 cm³/mol. The molecule has 3 aromatic rings. The van der Waals surface area contributed by atoms with Crippen LogP contribution in [0.4, 0.5) is 19.0 Å². The standard InChI is InChI=1S/C21H22F3N5O/c22-21(23,24)14-5-7-19(25-13-14)29-11-9-15(10-12-29)26-20(30)8-6-18-27-16-3-1-2-4-17(16)28-18/h1-5,7,13,15H,6,8-12H2,(H,26,30)(H,27,28). The van der Waals surface area contributed by atoms with Crippen molar-refractivity contribution in [1.82, 2.24) is 20.3 Å². The highest BCUT2D eigenvalue weighted by atomic mass is 19.4. The number of carbonyl (C=O) groups excluding carboxylic acids is 1. The van der Waals surface area contributed by atoms with E-state index < -0.39 is 11.7 Å². The van der Waals surface area contributed by atoms with Crippen molar-refractivity contribution in [3.63, 3.8) is 0 Å². The van der Waals surface area contributed by atoms with Crippen molar-refractivity contribution in [3.05, 3.63) is 54.0 Å². The zero-order valence-corrected chi connectivity index (χ0v) is 16.2. The molecule has 6 nitrogen and oxygen atoms in total. The lowest BCUT2D eigenvalue weighted by atomic mass is 10.0. The fourth-order valence-corrected chi connectivity index (χ4v) is 3.65. The average molecular weight is 417 g/mol. The van der Waals surface area contributed by atoms with Gasteiger partial charge in [-0.15, -0.1) is 0 Å². The first-order valence-electron chi connectivity index (χ1n) is 9.90. The quantitative estimate of drug-likeness (QED) is 0.664. The van der Waals surface area contributed by atoms with Crippen LogP contribution in [0.2, 0.25) is 0 Å². The van der Waals surface area contributed by atoms with Gasteiger partial charge in [0.2, 0.25) is 5.91 Å². The minimum Gasteiger partial charge on any atom is -0.356 e. The Hall–Kier alpha value is -3.10. The molecule has 4 rings (SSSR count). The van der Waals surface area contributed by atoms with Gasteiger partial charge < -0.3 is 15.2 Å². The Kier molecular flexibility index (Phi) is 5.61. The van der Waals surface area contributed by atoms with E-state index in [-0.39, 0.29) is 11.9 Å². The van der Waals surface area contributed by atoms with Gasteiger partial charge in [-0.3, -0.25) is 4.79 Å². The third-order valence-corrected chi connectivity index (χ3v) is 5.29. The van der Waals surface area contributed by atoms with Gasteiger partial charge in [0.25, 0.3) is 0 Å². The number of piperidine rings is 1. The van der Waals surface area contributed by atoms with Crippen LogP contribution in [0, 0.1) is 0 Å². The zero-order valence-electron chi connectivity index (χ0n) is 16.2. The number of H-pyrrole nitrogens is 1. The third-order valence-electron chi connectivity index (χ3n) is 5.29. The van der Waals surface area contributed by atoms with E-state index in [1.54, 1.807) is 0 Å². The van der Waals surface area contributed by atoms with E-state index in [4.69, 9.17) is 0 Å². The van der Waals surface area contributed by atoms with E-state index >= 15 is 0 Å². The summed E-state index contributed by atoms with van der Waals surface area (Å²) in [6.07, 6.45) is -1.19. The monoisotopic (exact) mass is 417 g/mol. The first-order chi connectivity index (χ1) is 14.4. The third kappa shape index (κ3) is 4.72. The van der Waals surface area contributed by atoms with E-state index in [0.717, 1.165) is 42.0 Å². The number of hydrogen-bond acceptors (Lipinski definition) is 4. The molecule has 2 aromatic heterocycles. The Morgan fingerprint density at radius 1 is 1.17 bits per heavy atom. The number of aromatic amines is 1. The molecule has 158 valence electrons. The highest BCUT2D eigenvalue weighted by Gasteiger charge is 2.31. The first-order valence-corrected chi connectivity index (χ1v) is 9.90. The Morgan fingerprint density at radius 3 is 2.60 bits per heavy atom. The fraction of sp³-hybridized carbons (Fsp3) is 0.381. The molecule has 1 aliphatic heterocycles. The summed E-state index contributed by atoms with van der Waals surface area (Å²) < 4.78 is 38.0. The molecule has 0 radical (unpaired) electrons. The van der Waals surface area contributed by atoms with E-state index in [0.29, 0.717) is 31.7 Å². The maximum absolute atomic E-state index is 12.7. The van der Waals surface area contributed by atoms with Crippen LogP contribution in [-0.4, -0.2) is 40.0 Å². The molecule has 3 heterocycles. The Labute approximate surface area is 171 Å². The number of hydrogen-bond donors (Lipinski definition) is 2. The smallest absolute Gasteiger partial charge is 0.356 e. The number of nitrogens with one attached hydrogen (secondary N) is 2. The van der Waals surface area contributed by atoms with Crippen molar-refractivity contribution in [2.75, 3.05) is 18.0 Å². The van der Waals surface area contributed by atoms with Crippen molar-refractivity contribution in [1.29, 1.82) is 0 Å².